The van der Waals surface area contributed by atoms with Gasteiger partial charge in [-0.1, -0.05) is 36.4 Å². The van der Waals surface area contributed by atoms with Crippen LogP contribution in [0.2, 0.25) is 0 Å². The minimum Gasteiger partial charge on any atom is -0.361 e. The molecule has 0 amide bonds. The van der Waals surface area contributed by atoms with E-state index in [9.17, 15) is 0 Å². The van der Waals surface area contributed by atoms with Crippen molar-refractivity contribution in [1.82, 2.24) is 4.98 Å². The van der Waals surface area contributed by atoms with Crippen molar-refractivity contribution in [3.8, 4) is 34.4 Å². The Morgan fingerprint density at radius 2 is 1.12 bits per heavy atom. The second-order valence-electron chi connectivity index (χ2n) is 5.81. The van der Waals surface area contributed by atoms with E-state index in [2.05, 4.69) is 35.3 Å². The summed E-state index contributed by atoms with van der Waals surface area (Å²) in [5.74, 6) is 0. The molecule has 0 spiro atoms. The summed E-state index contributed by atoms with van der Waals surface area (Å²) in [6.45, 7) is 0. The van der Waals surface area contributed by atoms with Crippen molar-refractivity contribution in [3.63, 3.8) is 0 Å². The number of nitriles is 2. The molecule has 0 bridgehead atoms. The summed E-state index contributed by atoms with van der Waals surface area (Å²) in [6, 6.07) is 25.8. The molecular formula is C22H13N3. The van der Waals surface area contributed by atoms with Gasteiger partial charge in [-0.05, 0) is 47.0 Å². The molecule has 0 aliphatic rings. The third kappa shape index (κ3) is 2.55. The topological polar surface area (TPSA) is 63.4 Å². The van der Waals surface area contributed by atoms with E-state index in [0.29, 0.717) is 11.1 Å². The molecule has 1 aromatic heterocycles. The average molecular weight is 319 g/mol. The Kier molecular flexibility index (Phi) is 3.54. The van der Waals surface area contributed by atoms with E-state index in [-0.39, 0.29) is 0 Å². The predicted molar refractivity (Wildman–Crippen MR) is 98.6 cm³/mol. The standard InChI is InChI=1S/C22H13N3/c23-13-15-1-5-17(6-2-15)19-9-10-20(22-21(19)11-12-25-22)18-7-3-16(14-24)4-8-18/h1-12,25H. The first-order chi connectivity index (χ1) is 12.3. The van der Waals surface area contributed by atoms with Crippen LogP contribution in [0.4, 0.5) is 0 Å². The number of aromatic amines is 1. The van der Waals surface area contributed by atoms with Gasteiger partial charge in [-0.25, -0.2) is 0 Å². The number of hydrogen-bond acceptors (Lipinski definition) is 2. The summed E-state index contributed by atoms with van der Waals surface area (Å²) in [6.07, 6.45) is 1.94. The molecule has 0 aliphatic heterocycles. The Morgan fingerprint density at radius 1 is 0.600 bits per heavy atom. The Hall–Kier alpha value is -3.82. The lowest BCUT2D eigenvalue weighted by atomic mass is 9.95. The number of benzene rings is 3. The van der Waals surface area contributed by atoms with E-state index < -0.39 is 0 Å². The zero-order valence-electron chi connectivity index (χ0n) is 13.3. The van der Waals surface area contributed by atoms with Crippen LogP contribution in [0.25, 0.3) is 33.2 Å². The van der Waals surface area contributed by atoms with E-state index in [1.807, 2.05) is 54.7 Å². The quantitative estimate of drug-likeness (QED) is 0.549. The lowest BCUT2D eigenvalue weighted by Gasteiger charge is -2.09. The maximum atomic E-state index is 8.96. The number of fused-ring (bicyclic) bond motifs is 1. The van der Waals surface area contributed by atoms with Crippen LogP contribution in [-0.2, 0) is 0 Å². The SMILES string of the molecule is N#Cc1ccc(-c2ccc(-c3ccc(C#N)cc3)c3[nH]ccc23)cc1. The summed E-state index contributed by atoms with van der Waals surface area (Å²) < 4.78 is 0. The van der Waals surface area contributed by atoms with Crippen LogP contribution in [0, 0.1) is 22.7 Å². The smallest absolute Gasteiger partial charge is 0.0991 e. The molecule has 0 radical (unpaired) electrons. The number of aromatic nitrogens is 1. The van der Waals surface area contributed by atoms with E-state index in [1.165, 1.54) is 0 Å². The van der Waals surface area contributed by atoms with Crippen molar-refractivity contribution in [2.75, 3.05) is 0 Å². The Balaban J connectivity index is 1.86. The molecular weight excluding hydrogens is 306 g/mol. The van der Waals surface area contributed by atoms with Gasteiger partial charge < -0.3 is 4.98 Å². The van der Waals surface area contributed by atoms with Gasteiger partial charge in [-0.3, -0.25) is 0 Å². The fourth-order valence-corrected chi connectivity index (χ4v) is 3.10. The maximum absolute atomic E-state index is 8.96. The molecule has 0 unspecified atom stereocenters. The molecule has 0 atom stereocenters. The lowest BCUT2D eigenvalue weighted by Crippen LogP contribution is -1.85. The Labute approximate surface area is 145 Å². The van der Waals surface area contributed by atoms with Crippen LogP contribution in [0.1, 0.15) is 11.1 Å². The largest absolute Gasteiger partial charge is 0.361 e. The van der Waals surface area contributed by atoms with Gasteiger partial charge in [-0.15, -0.1) is 0 Å². The summed E-state index contributed by atoms with van der Waals surface area (Å²) in [7, 11) is 0. The molecule has 0 saturated carbocycles. The van der Waals surface area contributed by atoms with Gasteiger partial charge in [0.15, 0.2) is 0 Å². The number of rotatable bonds is 2. The highest BCUT2D eigenvalue weighted by molar-refractivity contribution is 6.03. The zero-order chi connectivity index (χ0) is 17.2. The van der Waals surface area contributed by atoms with E-state index in [0.717, 1.165) is 33.2 Å². The molecule has 3 nitrogen and oxygen atoms in total. The first-order valence-corrected chi connectivity index (χ1v) is 7.91. The van der Waals surface area contributed by atoms with Crippen LogP contribution < -0.4 is 0 Å². The summed E-state index contributed by atoms with van der Waals surface area (Å²) in [5.41, 5.74) is 6.74. The van der Waals surface area contributed by atoms with Crippen molar-refractivity contribution in [1.29, 1.82) is 10.5 Å². The summed E-state index contributed by atoms with van der Waals surface area (Å²) in [4.78, 5) is 3.33. The van der Waals surface area contributed by atoms with Gasteiger partial charge in [0.2, 0.25) is 0 Å². The highest BCUT2D eigenvalue weighted by Gasteiger charge is 2.10. The maximum Gasteiger partial charge on any atom is 0.0991 e. The van der Waals surface area contributed by atoms with Gasteiger partial charge in [0.1, 0.15) is 0 Å². The van der Waals surface area contributed by atoms with E-state index in [1.54, 1.807) is 0 Å². The first-order valence-electron chi connectivity index (χ1n) is 7.91. The molecule has 116 valence electrons. The minimum absolute atomic E-state index is 0.653. The molecule has 25 heavy (non-hydrogen) atoms. The molecule has 4 aromatic rings. The van der Waals surface area contributed by atoms with Crippen molar-refractivity contribution < 1.29 is 0 Å². The minimum atomic E-state index is 0.653. The Bertz CT molecular complexity index is 1040. The first kappa shape index (κ1) is 14.8. The van der Waals surface area contributed by atoms with Crippen LogP contribution in [-0.4, -0.2) is 4.98 Å². The van der Waals surface area contributed by atoms with Crippen LogP contribution in [0.15, 0.2) is 72.9 Å². The van der Waals surface area contributed by atoms with Crippen molar-refractivity contribution in [3.05, 3.63) is 84.1 Å². The fourth-order valence-electron chi connectivity index (χ4n) is 3.10. The van der Waals surface area contributed by atoms with Gasteiger partial charge in [-0.2, -0.15) is 10.5 Å². The van der Waals surface area contributed by atoms with Crippen LogP contribution in [0.5, 0.6) is 0 Å². The molecule has 1 N–H and O–H groups in total. The molecule has 0 fully saturated rings. The number of nitrogens with zero attached hydrogens (tertiary/aromatic N) is 2. The third-order valence-corrected chi connectivity index (χ3v) is 4.37. The van der Waals surface area contributed by atoms with Gasteiger partial charge in [0.25, 0.3) is 0 Å². The fraction of sp³-hybridized carbons (Fsp3) is 0. The summed E-state index contributed by atoms with van der Waals surface area (Å²) >= 11 is 0. The van der Waals surface area contributed by atoms with Gasteiger partial charge in [0.05, 0.1) is 28.8 Å². The van der Waals surface area contributed by atoms with Crippen molar-refractivity contribution in [2.24, 2.45) is 0 Å². The molecule has 0 saturated heterocycles. The Morgan fingerprint density at radius 3 is 1.68 bits per heavy atom. The van der Waals surface area contributed by atoms with Crippen LogP contribution in [0.3, 0.4) is 0 Å². The zero-order valence-corrected chi connectivity index (χ0v) is 13.3. The van der Waals surface area contributed by atoms with E-state index >= 15 is 0 Å². The van der Waals surface area contributed by atoms with Crippen LogP contribution >= 0.6 is 0 Å². The normalized spacial score (nSPS) is 10.3. The van der Waals surface area contributed by atoms with Gasteiger partial charge >= 0.3 is 0 Å². The number of hydrogen-bond donors (Lipinski definition) is 1. The van der Waals surface area contributed by atoms with Crippen molar-refractivity contribution >= 4 is 10.9 Å². The molecule has 0 aliphatic carbocycles. The second-order valence-corrected chi connectivity index (χ2v) is 5.81. The highest BCUT2D eigenvalue weighted by Crippen LogP contribution is 2.35. The molecule has 3 heteroatoms. The molecule has 4 rings (SSSR count). The summed E-state index contributed by atoms with van der Waals surface area (Å²) in [5, 5.41) is 19.1. The highest BCUT2D eigenvalue weighted by atomic mass is 14.7. The predicted octanol–water partition coefficient (Wildman–Crippen LogP) is 5.25. The average Bonchev–Trinajstić information content (AvgIpc) is 3.17. The van der Waals surface area contributed by atoms with Crippen molar-refractivity contribution in [2.45, 2.75) is 0 Å². The monoisotopic (exact) mass is 319 g/mol. The molecule has 3 aromatic carbocycles. The molecule has 1 heterocycles. The van der Waals surface area contributed by atoms with E-state index in [4.69, 9.17) is 10.5 Å². The third-order valence-electron chi connectivity index (χ3n) is 4.37. The lowest BCUT2D eigenvalue weighted by molar-refractivity contribution is 1.46. The second kappa shape index (κ2) is 6.00. The van der Waals surface area contributed by atoms with Gasteiger partial charge in [0, 0.05) is 17.1 Å². The number of H-pyrrole nitrogens is 1. The number of nitrogens with one attached hydrogen (secondary N) is 1.